The Kier molecular flexibility index (Phi) is 3.57. The van der Waals surface area contributed by atoms with Gasteiger partial charge in [0.1, 0.15) is 5.75 Å². The van der Waals surface area contributed by atoms with Gasteiger partial charge in [-0.25, -0.2) is 4.57 Å². The summed E-state index contributed by atoms with van der Waals surface area (Å²) in [4.78, 5) is 1.85. The number of halogens is 2. The van der Waals surface area contributed by atoms with Gasteiger partial charge in [-0.3, -0.25) is 4.67 Å². The van der Waals surface area contributed by atoms with Gasteiger partial charge in [-0.05, 0) is 24.3 Å². The summed E-state index contributed by atoms with van der Waals surface area (Å²) < 4.78 is 18.9. The molecule has 0 saturated carbocycles. The van der Waals surface area contributed by atoms with Crippen molar-refractivity contribution in [1.82, 2.24) is 9.57 Å². The molecule has 1 aliphatic heterocycles. The van der Waals surface area contributed by atoms with Crippen molar-refractivity contribution in [2.24, 2.45) is 0 Å². The summed E-state index contributed by atoms with van der Waals surface area (Å²) >= 11 is 11.7. The summed E-state index contributed by atoms with van der Waals surface area (Å²) in [6.07, 6.45) is 3.42. The van der Waals surface area contributed by atoms with E-state index in [0.29, 0.717) is 17.4 Å². The minimum absolute atomic E-state index is 0.427. The number of rotatable bonds is 3. The lowest BCUT2D eigenvalue weighted by molar-refractivity contribution is 0.359. The van der Waals surface area contributed by atoms with Crippen LogP contribution in [0.3, 0.4) is 0 Å². The standard InChI is InChI=1S/C10H11Cl2N2O2P/c1-13-6-7-14(8-13)17(12,15)16-10-4-2-9(11)3-5-10/h2-7H,8H2,1H3. The van der Waals surface area contributed by atoms with E-state index in [1.807, 2.05) is 11.9 Å². The van der Waals surface area contributed by atoms with Gasteiger partial charge in [0.15, 0.2) is 0 Å². The molecule has 0 radical (unpaired) electrons. The van der Waals surface area contributed by atoms with Crippen molar-refractivity contribution in [2.45, 2.75) is 0 Å². The van der Waals surface area contributed by atoms with Crippen LogP contribution in [0.15, 0.2) is 36.7 Å². The molecule has 4 nitrogen and oxygen atoms in total. The van der Waals surface area contributed by atoms with Gasteiger partial charge in [0.05, 0.1) is 6.67 Å². The summed E-state index contributed by atoms with van der Waals surface area (Å²) in [6.45, 7) is -2.94. The number of nitrogens with zero attached hydrogens (tertiary/aromatic N) is 2. The molecular weight excluding hydrogens is 282 g/mol. The van der Waals surface area contributed by atoms with Crippen LogP contribution in [-0.2, 0) is 4.57 Å². The van der Waals surface area contributed by atoms with Gasteiger partial charge in [-0.1, -0.05) is 11.6 Å². The first kappa shape index (κ1) is 12.6. The van der Waals surface area contributed by atoms with Gasteiger partial charge in [0.25, 0.3) is 0 Å². The van der Waals surface area contributed by atoms with Crippen LogP contribution in [0.1, 0.15) is 0 Å². The Balaban J connectivity index is 2.09. The van der Waals surface area contributed by atoms with Gasteiger partial charge in [0, 0.05) is 35.7 Å². The minimum atomic E-state index is -3.38. The SMILES string of the molecule is CN1C=CN(P(=O)(Cl)Oc2ccc(Cl)cc2)C1. The first-order chi connectivity index (χ1) is 7.97. The molecule has 0 amide bonds. The Morgan fingerprint density at radius 2 is 1.94 bits per heavy atom. The maximum atomic E-state index is 12.2. The second-order valence-electron chi connectivity index (χ2n) is 3.63. The zero-order valence-electron chi connectivity index (χ0n) is 9.09. The predicted molar refractivity (Wildman–Crippen MR) is 69.1 cm³/mol. The molecule has 2 rings (SSSR count). The summed E-state index contributed by atoms with van der Waals surface area (Å²) in [7, 11) is 1.86. The first-order valence-corrected chi connectivity index (χ1v) is 7.74. The van der Waals surface area contributed by atoms with Crippen molar-refractivity contribution >= 4 is 29.7 Å². The molecular formula is C10H11Cl2N2O2P. The summed E-state index contributed by atoms with van der Waals surface area (Å²) in [5, 5.41) is 0.586. The van der Waals surface area contributed by atoms with E-state index in [1.165, 1.54) is 4.67 Å². The summed E-state index contributed by atoms with van der Waals surface area (Å²) in [5.74, 6) is 0.427. The molecule has 1 atom stereocenters. The van der Waals surface area contributed by atoms with Crippen LogP contribution in [0.2, 0.25) is 5.02 Å². The Morgan fingerprint density at radius 3 is 2.47 bits per heavy atom. The zero-order chi connectivity index (χ0) is 12.5. The smallest absolute Gasteiger partial charge is 0.418 e. The van der Waals surface area contributed by atoms with Crippen molar-refractivity contribution in [3.8, 4) is 5.75 Å². The molecule has 0 bridgehead atoms. The van der Waals surface area contributed by atoms with E-state index in [2.05, 4.69) is 0 Å². The van der Waals surface area contributed by atoms with Crippen molar-refractivity contribution < 1.29 is 9.09 Å². The lowest BCUT2D eigenvalue weighted by atomic mass is 10.3. The Bertz CT molecular complexity index is 478. The van der Waals surface area contributed by atoms with Crippen molar-refractivity contribution in [3.63, 3.8) is 0 Å². The molecule has 92 valence electrons. The molecule has 0 saturated heterocycles. The molecule has 0 spiro atoms. The third kappa shape index (κ3) is 3.09. The molecule has 1 unspecified atom stereocenters. The summed E-state index contributed by atoms with van der Waals surface area (Å²) in [5.41, 5.74) is 0. The van der Waals surface area contributed by atoms with Crippen molar-refractivity contribution in [3.05, 3.63) is 41.7 Å². The molecule has 1 aromatic carbocycles. The monoisotopic (exact) mass is 292 g/mol. The van der Waals surface area contributed by atoms with E-state index in [9.17, 15) is 4.57 Å². The number of hydrogen-bond acceptors (Lipinski definition) is 3. The van der Waals surface area contributed by atoms with E-state index in [-0.39, 0.29) is 0 Å². The topological polar surface area (TPSA) is 32.8 Å². The van der Waals surface area contributed by atoms with Crippen LogP contribution in [0.25, 0.3) is 0 Å². The number of hydrogen-bond donors (Lipinski definition) is 0. The lowest BCUT2D eigenvalue weighted by Crippen LogP contribution is -2.20. The van der Waals surface area contributed by atoms with Gasteiger partial charge in [-0.2, -0.15) is 0 Å². The zero-order valence-corrected chi connectivity index (χ0v) is 11.5. The van der Waals surface area contributed by atoms with Crippen molar-refractivity contribution in [1.29, 1.82) is 0 Å². The second kappa shape index (κ2) is 4.81. The highest BCUT2D eigenvalue weighted by atomic mass is 35.7. The number of benzene rings is 1. The maximum absolute atomic E-state index is 12.2. The molecule has 0 fully saturated rings. The maximum Gasteiger partial charge on any atom is 0.439 e. The van der Waals surface area contributed by atoms with Crippen molar-refractivity contribution in [2.75, 3.05) is 13.7 Å². The lowest BCUT2D eigenvalue weighted by Gasteiger charge is -2.23. The average Bonchev–Trinajstić information content (AvgIpc) is 2.69. The predicted octanol–water partition coefficient (Wildman–Crippen LogP) is 3.74. The Labute approximate surface area is 110 Å². The van der Waals surface area contributed by atoms with Crippen LogP contribution in [0.5, 0.6) is 5.75 Å². The van der Waals surface area contributed by atoms with Crippen LogP contribution in [-0.4, -0.2) is 23.3 Å². The fourth-order valence-electron chi connectivity index (χ4n) is 1.35. The quantitative estimate of drug-likeness (QED) is 0.795. The average molecular weight is 293 g/mol. The minimum Gasteiger partial charge on any atom is -0.418 e. The molecule has 17 heavy (non-hydrogen) atoms. The van der Waals surface area contributed by atoms with Crippen LogP contribution < -0.4 is 4.52 Å². The van der Waals surface area contributed by atoms with E-state index < -0.39 is 6.87 Å². The van der Waals surface area contributed by atoms with Crippen LogP contribution >= 0.6 is 29.7 Å². The van der Waals surface area contributed by atoms with E-state index >= 15 is 0 Å². The molecule has 0 aliphatic carbocycles. The molecule has 1 aromatic rings. The third-order valence-electron chi connectivity index (χ3n) is 2.20. The fraction of sp³-hybridized carbons (Fsp3) is 0.200. The molecule has 0 N–H and O–H groups in total. The summed E-state index contributed by atoms with van der Waals surface area (Å²) in [6, 6.07) is 6.56. The van der Waals surface area contributed by atoms with E-state index in [4.69, 9.17) is 27.4 Å². The molecule has 1 aliphatic rings. The highest BCUT2D eigenvalue weighted by molar-refractivity contribution is 7.83. The first-order valence-electron chi connectivity index (χ1n) is 4.88. The van der Waals surface area contributed by atoms with E-state index in [1.54, 1.807) is 36.7 Å². The highest BCUT2D eigenvalue weighted by Crippen LogP contribution is 2.56. The normalized spacial score (nSPS) is 18.3. The Morgan fingerprint density at radius 1 is 1.29 bits per heavy atom. The van der Waals surface area contributed by atoms with Gasteiger partial charge < -0.3 is 9.42 Å². The highest BCUT2D eigenvalue weighted by Gasteiger charge is 2.31. The van der Waals surface area contributed by atoms with Crippen LogP contribution in [0.4, 0.5) is 0 Å². The van der Waals surface area contributed by atoms with Gasteiger partial charge >= 0.3 is 6.87 Å². The Hall–Kier alpha value is -0.830. The second-order valence-corrected chi connectivity index (χ2v) is 6.95. The fourth-order valence-corrected chi connectivity index (χ4v) is 3.06. The molecule has 1 heterocycles. The molecule has 0 aromatic heterocycles. The largest absolute Gasteiger partial charge is 0.439 e. The van der Waals surface area contributed by atoms with Gasteiger partial charge in [-0.15, -0.1) is 0 Å². The third-order valence-corrected chi connectivity index (χ3v) is 4.55. The van der Waals surface area contributed by atoms with Gasteiger partial charge in [0.2, 0.25) is 0 Å². The van der Waals surface area contributed by atoms with E-state index in [0.717, 1.165) is 0 Å². The molecule has 7 heteroatoms. The van der Waals surface area contributed by atoms with Crippen LogP contribution in [0, 0.1) is 0 Å².